The number of carbonyl (C=O) groups is 1. The van der Waals surface area contributed by atoms with Gasteiger partial charge in [-0.2, -0.15) is 8.42 Å². The molecule has 0 aliphatic heterocycles. The van der Waals surface area contributed by atoms with E-state index in [1.165, 1.54) is 12.1 Å². The number of ether oxygens (including phenoxy) is 1. The highest BCUT2D eigenvalue weighted by atomic mass is 32.2. The van der Waals surface area contributed by atoms with Gasteiger partial charge in [0.1, 0.15) is 6.61 Å². The zero-order valence-corrected chi connectivity index (χ0v) is 14.6. The molecule has 2 aromatic carbocycles. The van der Waals surface area contributed by atoms with Crippen LogP contribution in [0.5, 0.6) is 0 Å². The van der Waals surface area contributed by atoms with Gasteiger partial charge >= 0.3 is 5.97 Å². The SMILES string of the molecule is CCCC(=O)OCc1ccccc1.Cc1ccc(S(=O)(=O)O)cc1. The summed E-state index contributed by atoms with van der Waals surface area (Å²) in [5, 5.41) is 0. The Hall–Kier alpha value is -2.18. The number of rotatable bonds is 5. The van der Waals surface area contributed by atoms with Crippen molar-refractivity contribution in [3.8, 4) is 0 Å². The van der Waals surface area contributed by atoms with Crippen LogP contribution in [0, 0.1) is 6.92 Å². The first-order valence-electron chi connectivity index (χ1n) is 7.56. The average Bonchev–Trinajstić information content (AvgIpc) is 2.54. The van der Waals surface area contributed by atoms with Gasteiger partial charge in [-0.3, -0.25) is 9.35 Å². The van der Waals surface area contributed by atoms with Crippen molar-refractivity contribution < 1.29 is 22.5 Å². The highest BCUT2D eigenvalue weighted by molar-refractivity contribution is 7.85. The average molecular weight is 350 g/mol. The van der Waals surface area contributed by atoms with E-state index in [-0.39, 0.29) is 10.9 Å². The van der Waals surface area contributed by atoms with Crippen LogP contribution in [0.3, 0.4) is 0 Å². The molecular weight excluding hydrogens is 328 g/mol. The summed E-state index contributed by atoms with van der Waals surface area (Å²) < 4.78 is 34.6. The van der Waals surface area contributed by atoms with E-state index < -0.39 is 10.1 Å². The minimum atomic E-state index is -4.02. The van der Waals surface area contributed by atoms with Gasteiger partial charge in [0, 0.05) is 6.42 Å². The van der Waals surface area contributed by atoms with E-state index in [2.05, 4.69) is 0 Å². The molecule has 0 unspecified atom stereocenters. The van der Waals surface area contributed by atoms with E-state index in [1.54, 1.807) is 12.1 Å². The highest BCUT2D eigenvalue weighted by Crippen LogP contribution is 2.08. The lowest BCUT2D eigenvalue weighted by atomic mass is 10.2. The first-order valence-corrected chi connectivity index (χ1v) is 9.00. The molecule has 0 aliphatic rings. The van der Waals surface area contributed by atoms with Crippen molar-refractivity contribution in [3.05, 3.63) is 65.7 Å². The van der Waals surface area contributed by atoms with Gasteiger partial charge < -0.3 is 4.74 Å². The Morgan fingerprint density at radius 1 is 1.04 bits per heavy atom. The van der Waals surface area contributed by atoms with Crippen LogP contribution in [0.2, 0.25) is 0 Å². The summed E-state index contributed by atoms with van der Waals surface area (Å²) in [5.74, 6) is -0.119. The number of hydrogen-bond donors (Lipinski definition) is 1. The van der Waals surface area contributed by atoms with Crippen LogP contribution >= 0.6 is 0 Å². The van der Waals surface area contributed by atoms with Crippen molar-refractivity contribution in [3.63, 3.8) is 0 Å². The van der Waals surface area contributed by atoms with Gasteiger partial charge in [-0.15, -0.1) is 0 Å². The highest BCUT2D eigenvalue weighted by Gasteiger charge is 2.06. The molecule has 0 radical (unpaired) electrons. The molecule has 2 rings (SSSR count). The smallest absolute Gasteiger partial charge is 0.306 e. The quantitative estimate of drug-likeness (QED) is 0.656. The van der Waals surface area contributed by atoms with Crippen LogP contribution in [-0.2, 0) is 26.3 Å². The Kier molecular flexibility index (Phi) is 8.15. The van der Waals surface area contributed by atoms with Crippen LogP contribution in [0.25, 0.3) is 0 Å². The Labute approximate surface area is 143 Å². The summed E-state index contributed by atoms with van der Waals surface area (Å²) >= 11 is 0. The largest absolute Gasteiger partial charge is 0.461 e. The molecule has 5 nitrogen and oxygen atoms in total. The van der Waals surface area contributed by atoms with Gasteiger partial charge in [-0.25, -0.2) is 0 Å². The summed E-state index contributed by atoms with van der Waals surface area (Å²) in [6.07, 6.45) is 1.35. The van der Waals surface area contributed by atoms with Gasteiger partial charge in [0.05, 0.1) is 4.90 Å². The molecule has 0 saturated carbocycles. The van der Waals surface area contributed by atoms with Crippen molar-refractivity contribution >= 4 is 16.1 Å². The Morgan fingerprint density at radius 3 is 2.12 bits per heavy atom. The molecule has 0 saturated heterocycles. The zero-order valence-electron chi connectivity index (χ0n) is 13.8. The second-order valence-corrected chi connectivity index (χ2v) is 6.61. The molecule has 0 heterocycles. The fourth-order valence-corrected chi connectivity index (χ4v) is 2.20. The fraction of sp³-hybridized carbons (Fsp3) is 0.278. The molecule has 0 bridgehead atoms. The minimum Gasteiger partial charge on any atom is -0.461 e. The molecular formula is C18H22O5S. The standard InChI is InChI=1S/C11H14O2.C7H8O3S/c1-2-6-11(12)13-9-10-7-4-3-5-8-10;1-6-2-4-7(5-3-6)11(8,9)10/h3-5,7-8H,2,6,9H2,1H3;2-5H,1H3,(H,8,9,10). The zero-order chi connectivity index (χ0) is 18.0. The predicted molar refractivity (Wildman–Crippen MR) is 92.1 cm³/mol. The van der Waals surface area contributed by atoms with Gasteiger partial charge in [0.25, 0.3) is 10.1 Å². The number of esters is 1. The van der Waals surface area contributed by atoms with E-state index in [0.717, 1.165) is 17.5 Å². The first-order chi connectivity index (χ1) is 11.3. The molecule has 0 amide bonds. The third-order valence-electron chi connectivity index (χ3n) is 3.02. The molecule has 2 aromatic rings. The Bertz CT molecular complexity index is 722. The lowest BCUT2D eigenvalue weighted by Gasteiger charge is -2.02. The normalized spacial score (nSPS) is 10.5. The minimum absolute atomic E-state index is 0.0666. The lowest BCUT2D eigenvalue weighted by Crippen LogP contribution is -2.03. The number of hydrogen-bond acceptors (Lipinski definition) is 4. The van der Waals surface area contributed by atoms with Gasteiger partial charge in [-0.1, -0.05) is 55.0 Å². The maximum Gasteiger partial charge on any atom is 0.306 e. The molecule has 6 heteroatoms. The predicted octanol–water partition coefficient (Wildman–Crippen LogP) is 3.77. The van der Waals surface area contributed by atoms with Gasteiger partial charge in [0.15, 0.2) is 0 Å². The van der Waals surface area contributed by atoms with Gasteiger partial charge in [-0.05, 0) is 31.0 Å². The summed E-state index contributed by atoms with van der Waals surface area (Å²) in [4.78, 5) is 10.9. The molecule has 130 valence electrons. The second-order valence-electron chi connectivity index (χ2n) is 5.18. The van der Waals surface area contributed by atoms with E-state index in [9.17, 15) is 13.2 Å². The molecule has 0 spiro atoms. The van der Waals surface area contributed by atoms with E-state index in [0.29, 0.717) is 13.0 Å². The van der Waals surface area contributed by atoms with Crippen LogP contribution in [0.4, 0.5) is 0 Å². The Balaban J connectivity index is 0.000000243. The lowest BCUT2D eigenvalue weighted by molar-refractivity contribution is -0.144. The maximum absolute atomic E-state index is 11.0. The van der Waals surface area contributed by atoms with Crippen molar-refractivity contribution in [2.24, 2.45) is 0 Å². The summed E-state index contributed by atoms with van der Waals surface area (Å²) in [7, 11) is -4.02. The number of aryl methyl sites for hydroxylation is 1. The monoisotopic (exact) mass is 350 g/mol. The first kappa shape index (κ1) is 19.9. The van der Waals surface area contributed by atoms with Crippen LogP contribution in [-0.4, -0.2) is 18.9 Å². The van der Waals surface area contributed by atoms with Crippen LogP contribution < -0.4 is 0 Å². The van der Waals surface area contributed by atoms with Crippen molar-refractivity contribution in [2.45, 2.75) is 38.2 Å². The van der Waals surface area contributed by atoms with E-state index in [4.69, 9.17) is 9.29 Å². The third kappa shape index (κ3) is 7.89. The molecule has 0 fully saturated rings. The third-order valence-corrected chi connectivity index (χ3v) is 3.88. The van der Waals surface area contributed by atoms with Crippen LogP contribution in [0.1, 0.15) is 30.9 Å². The molecule has 0 aliphatic carbocycles. The van der Waals surface area contributed by atoms with E-state index >= 15 is 0 Å². The van der Waals surface area contributed by atoms with Crippen molar-refractivity contribution in [1.82, 2.24) is 0 Å². The maximum atomic E-state index is 11.0. The number of carbonyl (C=O) groups excluding carboxylic acids is 1. The van der Waals surface area contributed by atoms with Gasteiger partial charge in [0.2, 0.25) is 0 Å². The molecule has 0 aromatic heterocycles. The van der Waals surface area contributed by atoms with Crippen molar-refractivity contribution in [2.75, 3.05) is 0 Å². The summed E-state index contributed by atoms with van der Waals surface area (Å²) in [5.41, 5.74) is 1.99. The molecule has 24 heavy (non-hydrogen) atoms. The molecule has 0 atom stereocenters. The Morgan fingerprint density at radius 2 is 1.62 bits per heavy atom. The molecule has 1 N–H and O–H groups in total. The van der Waals surface area contributed by atoms with Crippen molar-refractivity contribution in [1.29, 1.82) is 0 Å². The second kappa shape index (κ2) is 9.85. The number of benzene rings is 2. The fourth-order valence-electron chi connectivity index (χ4n) is 1.72. The summed E-state index contributed by atoms with van der Waals surface area (Å²) in [6, 6.07) is 15.7. The van der Waals surface area contributed by atoms with Crippen LogP contribution in [0.15, 0.2) is 59.5 Å². The van der Waals surface area contributed by atoms with E-state index in [1.807, 2.05) is 44.2 Å². The topological polar surface area (TPSA) is 80.7 Å². The summed E-state index contributed by atoms with van der Waals surface area (Å²) in [6.45, 7) is 4.19.